The van der Waals surface area contributed by atoms with E-state index in [1.54, 1.807) is 31.2 Å². The number of carbonyl (C=O) groups excluding carboxylic acids is 2. The van der Waals surface area contributed by atoms with Crippen molar-refractivity contribution >= 4 is 29.5 Å². The van der Waals surface area contributed by atoms with Crippen molar-refractivity contribution in [2.45, 2.75) is 48.4 Å². The van der Waals surface area contributed by atoms with Gasteiger partial charge < -0.3 is 15.3 Å². The molecular formula is C17H20N2O4S. The number of fused-ring (bicyclic) bond motifs is 2. The number of amides is 2. The highest BCUT2D eigenvalue weighted by molar-refractivity contribution is 8.00. The molecule has 128 valence electrons. The third-order valence-corrected chi connectivity index (χ3v) is 5.74. The molecule has 0 spiro atoms. The molecule has 2 aliphatic rings. The van der Waals surface area contributed by atoms with E-state index in [-0.39, 0.29) is 23.9 Å². The van der Waals surface area contributed by atoms with Crippen LogP contribution in [0.15, 0.2) is 29.2 Å². The average molecular weight is 348 g/mol. The molecule has 0 saturated carbocycles. The normalized spacial score (nSPS) is 24.2. The molecule has 2 heterocycles. The summed E-state index contributed by atoms with van der Waals surface area (Å²) in [7, 11) is 0. The van der Waals surface area contributed by atoms with E-state index in [2.05, 4.69) is 5.32 Å². The van der Waals surface area contributed by atoms with Crippen LogP contribution in [0.1, 0.15) is 36.5 Å². The lowest BCUT2D eigenvalue weighted by Crippen LogP contribution is -2.42. The Kier molecular flexibility index (Phi) is 4.80. The number of benzene rings is 1. The number of hydrogen-bond donors (Lipinski definition) is 2. The maximum absolute atomic E-state index is 13.1. The second kappa shape index (κ2) is 6.84. The molecule has 2 N–H and O–H groups in total. The van der Waals surface area contributed by atoms with Gasteiger partial charge in [0.25, 0.3) is 5.91 Å². The molecule has 0 aliphatic carbocycles. The van der Waals surface area contributed by atoms with Crippen LogP contribution in [0, 0.1) is 0 Å². The van der Waals surface area contributed by atoms with Crippen LogP contribution in [0.2, 0.25) is 0 Å². The van der Waals surface area contributed by atoms with Crippen LogP contribution in [-0.2, 0) is 9.59 Å². The van der Waals surface area contributed by atoms with E-state index in [1.807, 2.05) is 4.90 Å². The number of thioether (sulfide) groups is 1. The average Bonchev–Trinajstić information content (AvgIpc) is 2.86. The highest BCUT2D eigenvalue weighted by Gasteiger charge is 2.41. The van der Waals surface area contributed by atoms with Crippen molar-refractivity contribution in [3.63, 3.8) is 0 Å². The summed E-state index contributed by atoms with van der Waals surface area (Å²) in [6.45, 7) is 2.09. The SMILES string of the molecule is CC(Sc1ccccc1C(=O)N1C2CCC1CC(=O)NC2)C(=O)O. The van der Waals surface area contributed by atoms with Crippen molar-refractivity contribution in [3.8, 4) is 0 Å². The number of nitrogens with zero attached hydrogens (tertiary/aromatic N) is 1. The van der Waals surface area contributed by atoms with Gasteiger partial charge in [-0.15, -0.1) is 11.8 Å². The third-order valence-electron chi connectivity index (χ3n) is 4.58. The molecule has 1 aromatic carbocycles. The number of hydrogen-bond acceptors (Lipinski definition) is 4. The van der Waals surface area contributed by atoms with Gasteiger partial charge in [-0.25, -0.2) is 0 Å². The summed E-state index contributed by atoms with van der Waals surface area (Å²) < 4.78 is 0. The van der Waals surface area contributed by atoms with Gasteiger partial charge in [0.05, 0.1) is 5.56 Å². The summed E-state index contributed by atoms with van der Waals surface area (Å²) in [5.74, 6) is -1.03. The molecule has 2 fully saturated rings. The molecule has 0 aromatic heterocycles. The monoisotopic (exact) mass is 348 g/mol. The van der Waals surface area contributed by atoms with Crippen molar-refractivity contribution in [3.05, 3.63) is 29.8 Å². The van der Waals surface area contributed by atoms with Crippen LogP contribution >= 0.6 is 11.8 Å². The highest BCUT2D eigenvalue weighted by atomic mass is 32.2. The van der Waals surface area contributed by atoms with Gasteiger partial charge in [-0.1, -0.05) is 12.1 Å². The van der Waals surface area contributed by atoms with Crippen molar-refractivity contribution in [1.82, 2.24) is 10.2 Å². The van der Waals surface area contributed by atoms with E-state index in [4.69, 9.17) is 5.11 Å². The molecule has 24 heavy (non-hydrogen) atoms. The zero-order chi connectivity index (χ0) is 17.3. The van der Waals surface area contributed by atoms with E-state index in [1.165, 1.54) is 11.8 Å². The molecule has 6 nitrogen and oxygen atoms in total. The predicted octanol–water partition coefficient (Wildman–Crippen LogP) is 1.74. The van der Waals surface area contributed by atoms with E-state index in [0.29, 0.717) is 23.4 Å². The zero-order valence-corrected chi connectivity index (χ0v) is 14.2. The fourth-order valence-electron chi connectivity index (χ4n) is 3.34. The standard InChI is InChI=1S/C17H20N2O4S/c1-10(17(22)23)24-14-5-3-2-4-13(14)16(21)19-11-6-7-12(19)9-18-15(20)8-11/h2-5,10-12H,6-9H2,1H3,(H,18,20)(H,22,23). The first-order chi connectivity index (χ1) is 11.5. The first-order valence-electron chi connectivity index (χ1n) is 8.05. The van der Waals surface area contributed by atoms with E-state index in [0.717, 1.165) is 12.8 Å². The Morgan fingerprint density at radius 1 is 1.29 bits per heavy atom. The third kappa shape index (κ3) is 3.26. The van der Waals surface area contributed by atoms with E-state index >= 15 is 0 Å². The number of carboxylic acid groups (broad SMARTS) is 1. The van der Waals surface area contributed by atoms with E-state index < -0.39 is 11.2 Å². The molecule has 2 saturated heterocycles. The Morgan fingerprint density at radius 3 is 2.75 bits per heavy atom. The summed E-state index contributed by atoms with van der Waals surface area (Å²) in [4.78, 5) is 38.5. The topological polar surface area (TPSA) is 86.7 Å². The minimum Gasteiger partial charge on any atom is -0.480 e. The quantitative estimate of drug-likeness (QED) is 0.810. The second-order valence-electron chi connectivity index (χ2n) is 6.20. The van der Waals surface area contributed by atoms with Gasteiger partial charge in [0.15, 0.2) is 0 Å². The largest absolute Gasteiger partial charge is 0.480 e. The van der Waals surface area contributed by atoms with E-state index in [9.17, 15) is 14.4 Å². The number of carboxylic acids is 1. The molecule has 1 aromatic rings. The molecule has 3 atom stereocenters. The summed E-state index contributed by atoms with van der Waals surface area (Å²) in [6, 6.07) is 7.05. The molecule has 7 heteroatoms. The first-order valence-corrected chi connectivity index (χ1v) is 8.93. The fourth-order valence-corrected chi connectivity index (χ4v) is 4.26. The number of carbonyl (C=O) groups is 3. The van der Waals surface area contributed by atoms with Gasteiger partial charge in [0.2, 0.25) is 5.91 Å². The fraction of sp³-hybridized carbons (Fsp3) is 0.471. The Hall–Kier alpha value is -2.02. The lowest BCUT2D eigenvalue weighted by molar-refractivity contribution is -0.136. The Labute approximate surface area is 144 Å². The van der Waals surface area contributed by atoms with Gasteiger partial charge in [-0.2, -0.15) is 0 Å². The van der Waals surface area contributed by atoms with Crippen LogP contribution in [0.4, 0.5) is 0 Å². The van der Waals surface area contributed by atoms with Gasteiger partial charge in [0.1, 0.15) is 5.25 Å². The Balaban J connectivity index is 1.87. The number of rotatable bonds is 4. The van der Waals surface area contributed by atoms with Gasteiger partial charge in [-0.3, -0.25) is 14.4 Å². The maximum atomic E-state index is 13.1. The molecule has 0 radical (unpaired) electrons. The van der Waals surface area contributed by atoms with Crippen LogP contribution in [0.25, 0.3) is 0 Å². The smallest absolute Gasteiger partial charge is 0.316 e. The zero-order valence-electron chi connectivity index (χ0n) is 13.4. The summed E-state index contributed by atoms with van der Waals surface area (Å²) in [6.07, 6.45) is 2.06. The van der Waals surface area contributed by atoms with Crippen LogP contribution < -0.4 is 5.32 Å². The Morgan fingerprint density at radius 2 is 2.00 bits per heavy atom. The van der Waals surface area contributed by atoms with Gasteiger partial charge >= 0.3 is 5.97 Å². The molecule has 2 bridgehead atoms. The van der Waals surface area contributed by atoms with Crippen LogP contribution in [0.5, 0.6) is 0 Å². The predicted molar refractivity (Wildman–Crippen MR) is 90.0 cm³/mol. The minimum atomic E-state index is -0.910. The van der Waals surface area contributed by atoms with Crippen LogP contribution in [0.3, 0.4) is 0 Å². The molecule has 2 amide bonds. The lowest BCUT2D eigenvalue weighted by atomic mass is 10.1. The van der Waals surface area contributed by atoms with Crippen molar-refractivity contribution in [2.24, 2.45) is 0 Å². The number of aliphatic carboxylic acids is 1. The molecule has 3 rings (SSSR count). The molecular weight excluding hydrogens is 328 g/mol. The van der Waals surface area contributed by atoms with Gasteiger partial charge in [-0.05, 0) is 31.9 Å². The van der Waals surface area contributed by atoms with Gasteiger partial charge in [0, 0.05) is 29.9 Å². The Bertz CT molecular complexity index is 678. The number of nitrogens with one attached hydrogen (secondary N) is 1. The highest BCUT2D eigenvalue weighted by Crippen LogP contribution is 2.33. The molecule has 3 unspecified atom stereocenters. The summed E-state index contributed by atoms with van der Waals surface area (Å²) in [5, 5.41) is 11.3. The molecule has 2 aliphatic heterocycles. The summed E-state index contributed by atoms with van der Waals surface area (Å²) >= 11 is 1.17. The van der Waals surface area contributed by atoms with Crippen LogP contribution in [-0.4, -0.2) is 51.7 Å². The minimum absolute atomic E-state index is 0.0119. The van der Waals surface area contributed by atoms with Crippen molar-refractivity contribution in [1.29, 1.82) is 0 Å². The van der Waals surface area contributed by atoms with Crippen molar-refractivity contribution < 1.29 is 19.5 Å². The second-order valence-corrected chi connectivity index (χ2v) is 7.58. The maximum Gasteiger partial charge on any atom is 0.316 e. The van der Waals surface area contributed by atoms with Crippen molar-refractivity contribution in [2.75, 3.05) is 6.54 Å². The summed E-state index contributed by atoms with van der Waals surface area (Å²) in [5.41, 5.74) is 0.516. The first kappa shape index (κ1) is 16.8. The lowest BCUT2D eigenvalue weighted by Gasteiger charge is -2.28.